The van der Waals surface area contributed by atoms with Gasteiger partial charge in [-0.2, -0.15) is 5.26 Å². The van der Waals surface area contributed by atoms with Gasteiger partial charge in [0.25, 0.3) is 0 Å². The van der Waals surface area contributed by atoms with Gasteiger partial charge in [0, 0.05) is 13.1 Å². The minimum atomic E-state index is -0.738. The van der Waals surface area contributed by atoms with Crippen LogP contribution in [0.4, 0.5) is 0 Å². The van der Waals surface area contributed by atoms with Gasteiger partial charge in [-0.3, -0.25) is 4.79 Å². The Morgan fingerprint density at radius 3 is 2.69 bits per heavy atom. The first-order valence-electron chi connectivity index (χ1n) is 5.91. The molecule has 1 fully saturated rings. The van der Waals surface area contributed by atoms with Crippen LogP contribution in [-0.2, 0) is 4.79 Å². The summed E-state index contributed by atoms with van der Waals surface area (Å²) in [6, 6.07) is 2.22. The van der Waals surface area contributed by atoms with Crippen molar-refractivity contribution in [1.82, 2.24) is 4.90 Å². The molecule has 0 aromatic rings. The molecule has 0 radical (unpaired) electrons. The van der Waals surface area contributed by atoms with E-state index in [1.54, 1.807) is 11.0 Å². The zero-order chi connectivity index (χ0) is 12.2. The minimum Gasteiger partial charge on any atom is -0.338 e. The minimum absolute atomic E-state index is 0.00477. The van der Waals surface area contributed by atoms with Crippen LogP contribution in [0.15, 0.2) is 12.7 Å². The Labute approximate surface area is 97.7 Å². The van der Waals surface area contributed by atoms with Gasteiger partial charge in [0.05, 0.1) is 6.07 Å². The number of nitriles is 1. The molecule has 0 aromatic heterocycles. The predicted molar refractivity (Wildman–Crippen MR) is 63.5 cm³/mol. The van der Waals surface area contributed by atoms with E-state index in [-0.39, 0.29) is 5.91 Å². The largest absolute Gasteiger partial charge is 0.338 e. The fourth-order valence-electron chi connectivity index (χ4n) is 2.45. The van der Waals surface area contributed by atoms with Crippen LogP contribution in [-0.4, -0.2) is 23.9 Å². The van der Waals surface area contributed by atoms with Crippen LogP contribution < -0.4 is 0 Å². The second-order valence-electron chi connectivity index (χ2n) is 4.75. The van der Waals surface area contributed by atoms with Gasteiger partial charge in [-0.05, 0) is 25.2 Å². The average molecular weight is 220 g/mol. The summed E-state index contributed by atoms with van der Waals surface area (Å²) in [4.78, 5) is 14.0. The molecule has 1 rings (SSSR count). The monoisotopic (exact) mass is 220 g/mol. The van der Waals surface area contributed by atoms with E-state index in [2.05, 4.69) is 19.6 Å². The molecule has 0 unspecified atom stereocenters. The molecule has 0 saturated heterocycles. The second kappa shape index (κ2) is 5.16. The average Bonchev–Trinajstić information content (AvgIpc) is 2.23. The van der Waals surface area contributed by atoms with Crippen molar-refractivity contribution in [2.45, 2.75) is 33.1 Å². The number of carbonyl (C=O) groups is 1. The van der Waals surface area contributed by atoms with Gasteiger partial charge in [0.1, 0.15) is 5.41 Å². The summed E-state index contributed by atoms with van der Waals surface area (Å²) in [5.74, 6) is 0.491. The van der Waals surface area contributed by atoms with Crippen molar-refractivity contribution in [3.63, 3.8) is 0 Å². The Hall–Kier alpha value is -1.30. The molecule has 1 aliphatic rings. The van der Waals surface area contributed by atoms with Crippen molar-refractivity contribution < 1.29 is 4.79 Å². The van der Waals surface area contributed by atoms with Crippen molar-refractivity contribution in [2.24, 2.45) is 11.3 Å². The quantitative estimate of drug-likeness (QED) is 0.667. The SMILES string of the molecule is C=CCN(CCC)C(=O)C1(C#N)CC(C)C1. The van der Waals surface area contributed by atoms with Crippen LogP contribution in [0.5, 0.6) is 0 Å². The molecule has 0 atom stereocenters. The lowest BCUT2D eigenvalue weighted by molar-refractivity contribution is -0.144. The van der Waals surface area contributed by atoms with E-state index in [1.165, 1.54) is 0 Å². The highest BCUT2D eigenvalue weighted by molar-refractivity contribution is 5.86. The normalized spacial score (nSPS) is 27.7. The maximum absolute atomic E-state index is 12.3. The van der Waals surface area contributed by atoms with E-state index in [4.69, 9.17) is 0 Å². The third kappa shape index (κ3) is 2.27. The molecule has 88 valence electrons. The van der Waals surface area contributed by atoms with Gasteiger partial charge < -0.3 is 4.90 Å². The van der Waals surface area contributed by atoms with Gasteiger partial charge in [-0.25, -0.2) is 0 Å². The Morgan fingerprint density at radius 2 is 2.31 bits per heavy atom. The maximum Gasteiger partial charge on any atom is 0.243 e. The first-order chi connectivity index (χ1) is 7.59. The molecule has 0 aliphatic heterocycles. The number of hydrogen-bond donors (Lipinski definition) is 0. The third-order valence-electron chi connectivity index (χ3n) is 3.15. The van der Waals surface area contributed by atoms with Gasteiger partial charge in [0.15, 0.2) is 0 Å². The third-order valence-corrected chi connectivity index (χ3v) is 3.15. The Kier molecular flexibility index (Phi) is 4.12. The van der Waals surface area contributed by atoms with E-state index < -0.39 is 5.41 Å². The van der Waals surface area contributed by atoms with Gasteiger partial charge >= 0.3 is 0 Å². The fourth-order valence-corrected chi connectivity index (χ4v) is 2.45. The molecule has 0 aromatic carbocycles. The number of carbonyl (C=O) groups excluding carboxylic acids is 1. The zero-order valence-electron chi connectivity index (χ0n) is 10.2. The molecular formula is C13H20N2O. The van der Waals surface area contributed by atoms with Crippen molar-refractivity contribution >= 4 is 5.91 Å². The van der Waals surface area contributed by atoms with E-state index in [0.717, 1.165) is 6.42 Å². The van der Waals surface area contributed by atoms with E-state index in [9.17, 15) is 10.1 Å². The molecular weight excluding hydrogens is 200 g/mol. The van der Waals surface area contributed by atoms with Crippen LogP contribution >= 0.6 is 0 Å². The van der Waals surface area contributed by atoms with Crippen LogP contribution in [0.1, 0.15) is 33.1 Å². The number of amides is 1. The molecule has 3 heteroatoms. The summed E-state index contributed by atoms with van der Waals surface area (Å²) in [5, 5.41) is 9.19. The molecule has 1 amide bonds. The number of rotatable bonds is 5. The van der Waals surface area contributed by atoms with Crippen LogP contribution in [0.2, 0.25) is 0 Å². The molecule has 0 N–H and O–H groups in total. The molecule has 1 aliphatic carbocycles. The Bertz CT molecular complexity index is 310. The van der Waals surface area contributed by atoms with Crippen molar-refractivity contribution in [3.8, 4) is 6.07 Å². The first-order valence-corrected chi connectivity index (χ1v) is 5.91. The number of hydrogen-bond acceptors (Lipinski definition) is 2. The molecule has 0 spiro atoms. The standard InChI is InChI=1S/C13H20N2O/c1-4-6-15(7-5-2)12(16)13(10-14)8-11(3)9-13/h4,11H,1,5-9H2,2-3H3. The highest BCUT2D eigenvalue weighted by atomic mass is 16.2. The zero-order valence-corrected chi connectivity index (χ0v) is 10.2. The highest BCUT2D eigenvalue weighted by Crippen LogP contribution is 2.46. The molecule has 0 heterocycles. The van der Waals surface area contributed by atoms with Crippen LogP contribution in [0, 0.1) is 22.7 Å². The summed E-state index contributed by atoms with van der Waals surface area (Å²) < 4.78 is 0. The van der Waals surface area contributed by atoms with Crippen molar-refractivity contribution in [3.05, 3.63) is 12.7 Å². The smallest absolute Gasteiger partial charge is 0.243 e. The summed E-state index contributed by atoms with van der Waals surface area (Å²) in [5.41, 5.74) is -0.738. The second-order valence-corrected chi connectivity index (χ2v) is 4.75. The highest BCUT2D eigenvalue weighted by Gasteiger charge is 2.50. The Morgan fingerprint density at radius 1 is 1.69 bits per heavy atom. The first kappa shape index (κ1) is 12.8. The summed E-state index contributed by atoms with van der Waals surface area (Å²) in [6.45, 7) is 9.03. The molecule has 1 saturated carbocycles. The summed E-state index contributed by atoms with van der Waals surface area (Å²) >= 11 is 0. The lowest BCUT2D eigenvalue weighted by Crippen LogP contribution is -2.50. The van der Waals surface area contributed by atoms with Gasteiger partial charge in [-0.1, -0.05) is 19.9 Å². The Balaban J connectivity index is 2.73. The van der Waals surface area contributed by atoms with Crippen LogP contribution in [0.25, 0.3) is 0 Å². The van der Waals surface area contributed by atoms with Crippen molar-refractivity contribution in [1.29, 1.82) is 5.26 Å². The topological polar surface area (TPSA) is 44.1 Å². The molecule has 16 heavy (non-hydrogen) atoms. The van der Waals surface area contributed by atoms with E-state index in [1.807, 2.05) is 6.92 Å². The molecule has 0 bridgehead atoms. The van der Waals surface area contributed by atoms with E-state index in [0.29, 0.717) is 31.8 Å². The lowest BCUT2D eigenvalue weighted by atomic mass is 9.62. The summed E-state index contributed by atoms with van der Waals surface area (Å²) in [7, 11) is 0. The fraction of sp³-hybridized carbons (Fsp3) is 0.692. The van der Waals surface area contributed by atoms with Crippen LogP contribution in [0.3, 0.4) is 0 Å². The van der Waals surface area contributed by atoms with E-state index >= 15 is 0 Å². The van der Waals surface area contributed by atoms with Crippen molar-refractivity contribution in [2.75, 3.05) is 13.1 Å². The predicted octanol–water partition coefficient (Wildman–Crippen LogP) is 2.35. The number of nitrogens with zero attached hydrogens (tertiary/aromatic N) is 2. The van der Waals surface area contributed by atoms with Gasteiger partial charge in [-0.15, -0.1) is 6.58 Å². The van der Waals surface area contributed by atoms with Gasteiger partial charge in [0.2, 0.25) is 5.91 Å². The maximum atomic E-state index is 12.3. The molecule has 3 nitrogen and oxygen atoms in total. The lowest BCUT2D eigenvalue weighted by Gasteiger charge is -2.42. The summed E-state index contributed by atoms with van der Waals surface area (Å²) in [6.07, 6.45) is 4.05.